The monoisotopic (exact) mass is 306 g/mol. The van der Waals surface area contributed by atoms with E-state index in [1.54, 1.807) is 0 Å². The first-order chi connectivity index (χ1) is 10.4. The van der Waals surface area contributed by atoms with E-state index in [1.165, 1.54) is 25.7 Å². The molecule has 0 aromatic heterocycles. The topological polar surface area (TPSA) is 34.1 Å². The van der Waals surface area contributed by atoms with Crippen LogP contribution in [0.1, 0.15) is 65.2 Å². The van der Waals surface area contributed by atoms with Gasteiger partial charge in [0.05, 0.1) is 0 Å². The van der Waals surface area contributed by atoms with Crippen molar-refractivity contribution in [3.05, 3.63) is 0 Å². The van der Waals surface area contributed by atoms with Crippen LogP contribution in [-0.2, 0) is 9.59 Å². The van der Waals surface area contributed by atoms with E-state index in [2.05, 4.69) is 6.92 Å². The van der Waals surface area contributed by atoms with Crippen molar-refractivity contribution in [2.75, 3.05) is 0 Å². The second kappa shape index (κ2) is 4.64. The summed E-state index contributed by atoms with van der Waals surface area (Å²) in [5.41, 5.74) is -0.330. The zero-order valence-corrected chi connectivity index (χ0v) is 13.7. The Bertz CT molecular complexity index is 530. The van der Waals surface area contributed by atoms with Crippen molar-refractivity contribution < 1.29 is 14.0 Å². The van der Waals surface area contributed by atoms with E-state index in [4.69, 9.17) is 0 Å². The molecule has 2 nitrogen and oxygen atoms in total. The van der Waals surface area contributed by atoms with Crippen molar-refractivity contribution in [3.8, 4) is 0 Å². The van der Waals surface area contributed by atoms with Crippen LogP contribution in [0, 0.1) is 34.5 Å². The van der Waals surface area contributed by atoms with Gasteiger partial charge in [0.1, 0.15) is 5.78 Å². The quantitative estimate of drug-likeness (QED) is 0.675. The number of hydrogen-bond donors (Lipinski definition) is 0. The molecule has 4 aliphatic carbocycles. The third-order valence-corrected chi connectivity index (χ3v) is 8.09. The van der Waals surface area contributed by atoms with Crippen molar-refractivity contribution in [1.82, 2.24) is 0 Å². The minimum atomic E-state index is -1.33. The van der Waals surface area contributed by atoms with Crippen LogP contribution in [0.2, 0.25) is 0 Å². The summed E-state index contributed by atoms with van der Waals surface area (Å²) in [4.78, 5) is 25.2. The van der Waals surface area contributed by atoms with Gasteiger partial charge in [-0.1, -0.05) is 26.7 Å². The number of carbonyl (C=O) groups excluding carboxylic acids is 2. The first-order valence-corrected chi connectivity index (χ1v) is 9.09. The van der Waals surface area contributed by atoms with Gasteiger partial charge in [-0.25, -0.2) is 4.39 Å². The highest BCUT2D eigenvalue weighted by Gasteiger charge is 2.64. The van der Waals surface area contributed by atoms with E-state index in [-0.39, 0.29) is 23.0 Å². The molecule has 0 heterocycles. The molecule has 4 rings (SSSR count). The van der Waals surface area contributed by atoms with Crippen molar-refractivity contribution in [2.24, 2.45) is 34.5 Å². The molecule has 2 unspecified atom stereocenters. The maximum Gasteiger partial charge on any atom is 0.173 e. The number of halogens is 1. The number of ketones is 2. The summed E-state index contributed by atoms with van der Waals surface area (Å²) in [5, 5.41) is 0. The first kappa shape index (κ1) is 14.8. The van der Waals surface area contributed by atoms with E-state index in [0.717, 1.165) is 12.8 Å². The predicted octanol–water partition coefficient (Wildman–Crippen LogP) is 4.12. The zero-order chi connectivity index (χ0) is 15.7. The molecule has 4 aliphatic rings. The third-order valence-electron chi connectivity index (χ3n) is 8.09. The fraction of sp³-hybridized carbons (Fsp3) is 0.895. The van der Waals surface area contributed by atoms with Crippen LogP contribution < -0.4 is 0 Å². The van der Waals surface area contributed by atoms with Crippen LogP contribution in [0.15, 0.2) is 0 Å². The Morgan fingerprint density at radius 2 is 1.82 bits per heavy atom. The van der Waals surface area contributed by atoms with Gasteiger partial charge in [0.15, 0.2) is 12.0 Å². The normalized spacial score (nSPS) is 54.6. The largest absolute Gasteiger partial charge is 0.299 e. The van der Waals surface area contributed by atoms with Gasteiger partial charge >= 0.3 is 0 Å². The fourth-order valence-electron chi connectivity index (χ4n) is 6.72. The van der Waals surface area contributed by atoms with E-state index >= 15 is 0 Å². The number of carbonyl (C=O) groups is 2. The Hall–Kier alpha value is -0.730. The molecule has 22 heavy (non-hydrogen) atoms. The Kier molecular flexibility index (Phi) is 3.13. The molecule has 4 saturated carbocycles. The lowest BCUT2D eigenvalue weighted by Crippen LogP contribution is -2.56. The van der Waals surface area contributed by atoms with Crippen molar-refractivity contribution in [3.63, 3.8) is 0 Å². The Balaban J connectivity index is 1.73. The van der Waals surface area contributed by atoms with Crippen molar-refractivity contribution in [1.29, 1.82) is 0 Å². The molecule has 0 aromatic rings. The number of fused-ring (bicyclic) bond motifs is 5. The summed E-state index contributed by atoms with van der Waals surface area (Å²) in [7, 11) is 0. The maximum atomic E-state index is 14.1. The van der Waals surface area contributed by atoms with Crippen molar-refractivity contribution in [2.45, 2.75) is 71.4 Å². The highest BCUT2D eigenvalue weighted by atomic mass is 19.1. The van der Waals surface area contributed by atoms with Gasteiger partial charge in [-0.05, 0) is 55.3 Å². The summed E-state index contributed by atoms with van der Waals surface area (Å²) in [6.07, 6.45) is 6.26. The van der Waals surface area contributed by atoms with Crippen molar-refractivity contribution >= 4 is 11.6 Å². The lowest BCUT2D eigenvalue weighted by atomic mass is 9.45. The van der Waals surface area contributed by atoms with Crippen LogP contribution in [0.5, 0.6) is 0 Å². The van der Waals surface area contributed by atoms with Crippen LogP contribution in [-0.4, -0.2) is 17.7 Å². The number of rotatable bonds is 0. The van der Waals surface area contributed by atoms with Gasteiger partial charge in [0, 0.05) is 17.8 Å². The second-order valence-corrected chi connectivity index (χ2v) is 8.88. The van der Waals surface area contributed by atoms with E-state index in [1.807, 2.05) is 6.92 Å². The van der Waals surface area contributed by atoms with E-state index < -0.39 is 11.6 Å². The lowest BCUT2D eigenvalue weighted by Gasteiger charge is -2.58. The van der Waals surface area contributed by atoms with Gasteiger partial charge in [-0.2, -0.15) is 0 Å². The first-order valence-electron chi connectivity index (χ1n) is 9.09. The van der Waals surface area contributed by atoms with E-state index in [0.29, 0.717) is 30.5 Å². The predicted molar refractivity (Wildman–Crippen MR) is 82.0 cm³/mol. The number of alkyl halides is 1. The van der Waals surface area contributed by atoms with Gasteiger partial charge in [0.2, 0.25) is 0 Å². The highest BCUT2D eigenvalue weighted by molar-refractivity contribution is 5.93. The molecule has 0 aromatic carbocycles. The average Bonchev–Trinajstić information content (AvgIpc) is 2.71. The molecule has 3 heteroatoms. The minimum Gasteiger partial charge on any atom is -0.299 e. The molecule has 0 amide bonds. The van der Waals surface area contributed by atoms with Crippen LogP contribution in [0.3, 0.4) is 0 Å². The van der Waals surface area contributed by atoms with Crippen LogP contribution in [0.4, 0.5) is 4.39 Å². The van der Waals surface area contributed by atoms with Gasteiger partial charge in [-0.15, -0.1) is 0 Å². The molecule has 0 saturated heterocycles. The Labute approximate surface area is 132 Å². The minimum absolute atomic E-state index is 0.0408. The van der Waals surface area contributed by atoms with E-state index in [9.17, 15) is 14.0 Å². The summed E-state index contributed by atoms with van der Waals surface area (Å²) in [6.45, 7) is 4.31. The maximum absolute atomic E-state index is 14.1. The second-order valence-electron chi connectivity index (χ2n) is 8.88. The molecular weight excluding hydrogens is 279 g/mol. The molecule has 122 valence electrons. The Morgan fingerprint density at radius 1 is 1.05 bits per heavy atom. The summed E-state index contributed by atoms with van der Waals surface area (Å²) in [6, 6.07) is 0. The molecule has 0 spiro atoms. The summed E-state index contributed by atoms with van der Waals surface area (Å²) in [5.74, 6) is 0.934. The SMILES string of the molecule is C[C@]12CCCCC1CC(=O)[C@@H]1[C@H]2CC[C@]2(C)C(=O)C(F)C[C@@H]12. The van der Waals surface area contributed by atoms with Gasteiger partial charge in [0.25, 0.3) is 0 Å². The number of hydrogen-bond acceptors (Lipinski definition) is 2. The fourth-order valence-corrected chi connectivity index (χ4v) is 6.72. The van der Waals surface area contributed by atoms with Gasteiger partial charge < -0.3 is 0 Å². The average molecular weight is 306 g/mol. The molecule has 0 N–H and O–H groups in total. The third kappa shape index (κ3) is 1.71. The molecule has 4 fully saturated rings. The standard InChI is InChI=1S/C19H27FO2/c1-18-7-4-3-5-11(18)9-15(21)16-12(18)6-8-19(2)13(16)10-14(20)17(19)22/h11-14,16H,3-10H2,1-2H3/t11?,12-,13+,14?,16-,18+,19+/m1/s1. The smallest absolute Gasteiger partial charge is 0.173 e. The highest BCUT2D eigenvalue weighted by Crippen LogP contribution is 2.64. The molecular formula is C19H27FO2. The molecule has 0 radical (unpaired) electrons. The molecule has 0 aliphatic heterocycles. The van der Waals surface area contributed by atoms with Crippen LogP contribution in [0.25, 0.3) is 0 Å². The van der Waals surface area contributed by atoms with Gasteiger partial charge in [-0.3, -0.25) is 9.59 Å². The molecule has 0 bridgehead atoms. The lowest BCUT2D eigenvalue weighted by molar-refractivity contribution is -0.156. The summed E-state index contributed by atoms with van der Waals surface area (Å²) >= 11 is 0. The van der Waals surface area contributed by atoms with Crippen LogP contribution >= 0.6 is 0 Å². The summed E-state index contributed by atoms with van der Waals surface area (Å²) < 4.78 is 14.1. The number of Topliss-reactive ketones (excluding diaryl/α,β-unsaturated/α-hetero) is 2. The zero-order valence-electron chi connectivity index (χ0n) is 13.7. The Morgan fingerprint density at radius 3 is 2.59 bits per heavy atom. The molecule has 7 atom stereocenters.